The quantitative estimate of drug-likeness (QED) is 0.743. The molecular formula is C18H25N3O5S2. The number of carbonyl (C=O) groups is 2. The highest BCUT2D eigenvalue weighted by molar-refractivity contribution is 7.99. The first-order valence-electron chi connectivity index (χ1n) is 9.27. The molecule has 10 heteroatoms. The Hall–Kier alpha value is -1.78. The van der Waals surface area contributed by atoms with Crippen LogP contribution in [0.1, 0.15) is 26.7 Å². The van der Waals surface area contributed by atoms with E-state index < -0.39 is 16.1 Å². The fourth-order valence-electron chi connectivity index (χ4n) is 3.33. The van der Waals surface area contributed by atoms with Gasteiger partial charge in [0.15, 0.2) is 0 Å². The SMILES string of the molecule is CCOc1ccc(NC(=O)[C@@H]2CSCN2C(C)=O)cc1S(=O)(=O)N1CCCC1. The van der Waals surface area contributed by atoms with E-state index in [1.807, 2.05) is 0 Å². The van der Waals surface area contributed by atoms with Gasteiger partial charge in [-0.2, -0.15) is 4.31 Å². The predicted molar refractivity (Wildman–Crippen MR) is 108 cm³/mol. The fraction of sp³-hybridized carbons (Fsp3) is 0.556. The monoisotopic (exact) mass is 427 g/mol. The van der Waals surface area contributed by atoms with E-state index in [0.29, 0.717) is 37.0 Å². The van der Waals surface area contributed by atoms with Crippen molar-refractivity contribution in [2.75, 3.05) is 36.6 Å². The van der Waals surface area contributed by atoms with Crippen LogP contribution in [0.3, 0.4) is 0 Å². The van der Waals surface area contributed by atoms with E-state index >= 15 is 0 Å². The smallest absolute Gasteiger partial charge is 0.248 e. The van der Waals surface area contributed by atoms with Gasteiger partial charge in [0.2, 0.25) is 21.8 Å². The van der Waals surface area contributed by atoms with Crippen molar-refractivity contribution < 1.29 is 22.7 Å². The largest absolute Gasteiger partial charge is 0.492 e. The molecule has 0 bridgehead atoms. The third-order valence-corrected chi connectivity index (χ3v) is 7.72. The number of rotatable bonds is 6. The van der Waals surface area contributed by atoms with Gasteiger partial charge >= 0.3 is 0 Å². The molecule has 0 spiro atoms. The van der Waals surface area contributed by atoms with Gasteiger partial charge in [0.25, 0.3) is 0 Å². The number of benzene rings is 1. The zero-order valence-corrected chi connectivity index (χ0v) is 17.6. The molecule has 0 unspecified atom stereocenters. The lowest BCUT2D eigenvalue weighted by molar-refractivity contribution is -0.134. The molecule has 8 nitrogen and oxygen atoms in total. The number of thioether (sulfide) groups is 1. The van der Waals surface area contributed by atoms with Crippen LogP contribution in [0.2, 0.25) is 0 Å². The van der Waals surface area contributed by atoms with Gasteiger partial charge in [-0.15, -0.1) is 11.8 Å². The van der Waals surface area contributed by atoms with Gasteiger partial charge < -0.3 is 15.0 Å². The Balaban J connectivity index is 1.86. The molecule has 2 aliphatic heterocycles. The number of carbonyl (C=O) groups excluding carboxylic acids is 2. The van der Waals surface area contributed by atoms with Gasteiger partial charge in [0.1, 0.15) is 16.7 Å². The molecule has 2 amide bonds. The molecule has 0 saturated carbocycles. The van der Waals surface area contributed by atoms with E-state index in [2.05, 4.69) is 5.32 Å². The third-order valence-electron chi connectivity index (χ3n) is 4.78. The number of hydrogen-bond donors (Lipinski definition) is 1. The van der Waals surface area contributed by atoms with Crippen molar-refractivity contribution in [3.05, 3.63) is 18.2 Å². The molecule has 28 heavy (non-hydrogen) atoms. The van der Waals surface area contributed by atoms with Crippen LogP contribution < -0.4 is 10.1 Å². The maximum absolute atomic E-state index is 13.0. The maximum Gasteiger partial charge on any atom is 0.248 e. The highest BCUT2D eigenvalue weighted by Crippen LogP contribution is 2.32. The molecule has 2 aliphatic rings. The molecule has 0 radical (unpaired) electrons. The third kappa shape index (κ3) is 4.28. The molecule has 1 aromatic rings. The van der Waals surface area contributed by atoms with Crippen molar-refractivity contribution in [1.82, 2.24) is 9.21 Å². The number of nitrogens with one attached hydrogen (secondary N) is 1. The summed E-state index contributed by atoms with van der Waals surface area (Å²) in [6.45, 7) is 4.52. The Morgan fingerprint density at radius 2 is 2.00 bits per heavy atom. The first kappa shape index (κ1) is 20.9. The van der Waals surface area contributed by atoms with Crippen LogP contribution >= 0.6 is 11.8 Å². The van der Waals surface area contributed by atoms with Crippen molar-refractivity contribution in [3.8, 4) is 5.75 Å². The molecule has 2 saturated heterocycles. The van der Waals surface area contributed by atoms with E-state index in [-0.39, 0.29) is 22.5 Å². The molecule has 1 atom stereocenters. The summed E-state index contributed by atoms with van der Waals surface area (Å²) in [6.07, 6.45) is 1.67. The van der Waals surface area contributed by atoms with Crippen LogP contribution in [0.4, 0.5) is 5.69 Å². The Labute approximate surface area is 169 Å². The van der Waals surface area contributed by atoms with Gasteiger partial charge in [-0.05, 0) is 38.0 Å². The summed E-state index contributed by atoms with van der Waals surface area (Å²) in [5.41, 5.74) is 0.367. The second-order valence-electron chi connectivity index (χ2n) is 6.70. The highest BCUT2D eigenvalue weighted by Gasteiger charge is 2.34. The average molecular weight is 428 g/mol. The highest BCUT2D eigenvalue weighted by atomic mass is 32.2. The zero-order valence-electron chi connectivity index (χ0n) is 16.0. The summed E-state index contributed by atoms with van der Waals surface area (Å²) >= 11 is 1.51. The molecule has 1 N–H and O–H groups in total. The summed E-state index contributed by atoms with van der Waals surface area (Å²) < 4.78 is 33.0. The summed E-state index contributed by atoms with van der Waals surface area (Å²) in [5, 5.41) is 2.76. The molecule has 154 valence electrons. The lowest BCUT2D eigenvalue weighted by atomic mass is 10.2. The minimum Gasteiger partial charge on any atom is -0.492 e. The fourth-order valence-corrected chi connectivity index (χ4v) is 6.22. The number of amides is 2. The van der Waals surface area contributed by atoms with Crippen LogP contribution in [-0.2, 0) is 19.6 Å². The summed E-state index contributed by atoms with van der Waals surface area (Å²) in [5.74, 6) is 0.782. The number of hydrogen-bond acceptors (Lipinski definition) is 6. The van der Waals surface area contributed by atoms with Crippen molar-refractivity contribution in [1.29, 1.82) is 0 Å². The Bertz CT molecular complexity index is 853. The normalized spacial score (nSPS) is 20.4. The van der Waals surface area contributed by atoms with Crippen molar-refractivity contribution in [2.24, 2.45) is 0 Å². The van der Waals surface area contributed by atoms with Gasteiger partial charge in [0.05, 0.1) is 12.5 Å². The lowest BCUT2D eigenvalue weighted by Gasteiger charge is -2.22. The van der Waals surface area contributed by atoms with Crippen molar-refractivity contribution >= 4 is 39.3 Å². The van der Waals surface area contributed by atoms with E-state index in [1.54, 1.807) is 19.1 Å². The topological polar surface area (TPSA) is 96.0 Å². The molecular weight excluding hydrogens is 402 g/mol. The van der Waals surface area contributed by atoms with Gasteiger partial charge in [0, 0.05) is 31.5 Å². The Morgan fingerprint density at radius 3 is 2.64 bits per heavy atom. The van der Waals surface area contributed by atoms with E-state index in [0.717, 1.165) is 12.8 Å². The molecule has 0 aromatic heterocycles. The number of anilines is 1. The predicted octanol–water partition coefficient (Wildman–Crippen LogP) is 1.73. The lowest BCUT2D eigenvalue weighted by Crippen LogP contribution is -2.43. The standard InChI is InChI=1S/C18H25N3O5S2/c1-3-26-16-7-6-14(10-17(16)28(24,25)20-8-4-5-9-20)19-18(23)15-11-27-12-21(15)13(2)22/h6-7,10,15H,3-5,8-9,11-12H2,1-2H3,(H,19,23)/t15-/m0/s1. The van der Waals surface area contributed by atoms with Gasteiger partial charge in [-0.3, -0.25) is 9.59 Å². The van der Waals surface area contributed by atoms with Crippen LogP contribution in [0.25, 0.3) is 0 Å². The van der Waals surface area contributed by atoms with Gasteiger partial charge in [-0.25, -0.2) is 8.42 Å². The summed E-state index contributed by atoms with van der Waals surface area (Å²) in [6, 6.07) is 4.06. The average Bonchev–Trinajstić information content (AvgIpc) is 3.35. The Morgan fingerprint density at radius 1 is 1.29 bits per heavy atom. The van der Waals surface area contributed by atoms with E-state index in [9.17, 15) is 18.0 Å². The van der Waals surface area contributed by atoms with E-state index in [1.165, 1.54) is 34.0 Å². The van der Waals surface area contributed by atoms with Crippen molar-refractivity contribution in [2.45, 2.75) is 37.6 Å². The first-order chi connectivity index (χ1) is 13.3. The molecule has 1 aromatic carbocycles. The second-order valence-corrected chi connectivity index (χ2v) is 9.61. The van der Waals surface area contributed by atoms with Gasteiger partial charge in [-0.1, -0.05) is 0 Å². The first-order valence-corrected chi connectivity index (χ1v) is 11.9. The minimum atomic E-state index is -3.70. The van der Waals surface area contributed by atoms with Crippen LogP contribution in [0, 0.1) is 0 Å². The molecule has 2 fully saturated rings. The molecule has 0 aliphatic carbocycles. The Kier molecular flexibility index (Phi) is 6.51. The van der Waals surface area contributed by atoms with Crippen LogP contribution in [0.5, 0.6) is 5.75 Å². The zero-order chi connectivity index (χ0) is 20.3. The number of ether oxygens (including phenoxy) is 1. The van der Waals surface area contributed by atoms with Crippen molar-refractivity contribution in [3.63, 3.8) is 0 Å². The number of sulfonamides is 1. The minimum absolute atomic E-state index is 0.0540. The molecule has 3 rings (SSSR count). The van der Waals surface area contributed by atoms with Crippen LogP contribution in [0.15, 0.2) is 23.1 Å². The van der Waals surface area contributed by atoms with E-state index in [4.69, 9.17) is 4.74 Å². The summed E-state index contributed by atoms with van der Waals surface area (Å²) in [7, 11) is -3.70. The summed E-state index contributed by atoms with van der Waals surface area (Å²) in [4.78, 5) is 25.9. The number of nitrogens with zero attached hydrogens (tertiary/aromatic N) is 2. The molecule has 2 heterocycles. The maximum atomic E-state index is 13.0. The second kappa shape index (κ2) is 8.71. The van der Waals surface area contributed by atoms with Crippen LogP contribution in [-0.4, -0.2) is 66.8 Å².